The maximum Gasteiger partial charge on any atom is 0.130 e. The summed E-state index contributed by atoms with van der Waals surface area (Å²) in [6.45, 7) is 1.77. The van der Waals surface area contributed by atoms with Gasteiger partial charge in [0.05, 0.1) is 0 Å². The molecule has 2 heteroatoms. The molecular weight excluding hydrogens is 163 g/mol. The Labute approximate surface area is 70.3 Å². The molecule has 0 fully saturated rings. The van der Waals surface area contributed by atoms with Gasteiger partial charge >= 0.3 is 0 Å². The van der Waals surface area contributed by atoms with E-state index in [0.717, 1.165) is 5.57 Å². The summed E-state index contributed by atoms with van der Waals surface area (Å²) in [5.41, 5.74) is 2.67. The lowest BCUT2D eigenvalue weighted by Gasteiger charge is -1.99. The summed E-state index contributed by atoms with van der Waals surface area (Å²) in [6, 6.07) is 6.55. The van der Waals surface area contributed by atoms with Gasteiger partial charge in [-0.1, -0.05) is 29.8 Å². The van der Waals surface area contributed by atoms with Crippen molar-refractivity contribution in [3.8, 4) is 0 Å². The standard InChI is InChI=1S/C9H8ClF/c1-7(6-10)8-4-2-3-5-9(8)11/h2-6H,1H3/b7-6+. The Morgan fingerprint density at radius 2 is 2.09 bits per heavy atom. The van der Waals surface area contributed by atoms with Gasteiger partial charge in [-0.25, -0.2) is 4.39 Å². The molecule has 0 unspecified atom stereocenters. The molecule has 11 heavy (non-hydrogen) atoms. The van der Waals surface area contributed by atoms with Crippen LogP contribution in [0.4, 0.5) is 4.39 Å². The van der Waals surface area contributed by atoms with Crippen LogP contribution in [0, 0.1) is 5.82 Å². The second-order valence-electron chi connectivity index (χ2n) is 2.27. The molecule has 1 rings (SSSR count). The van der Waals surface area contributed by atoms with Crippen molar-refractivity contribution in [2.45, 2.75) is 6.92 Å². The number of allylic oxidation sites excluding steroid dienone is 1. The summed E-state index contributed by atoms with van der Waals surface area (Å²) in [4.78, 5) is 0. The van der Waals surface area contributed by atoms with Crippen molar-refractivity contribution < 1.29 is 4.39 Å². The second kappa shape index (κ2) is 3.54. The number of hydrogen-bond donors (Lipinski definition) is 0. The molecule has 0 N–H and O–H groups in total. The van der Waals surface area contributed by atoms with Crippen molar-refractivity contribution in [2.24, 2.45) is 0 Å². The molecule has 0 nitrogen and oxygen atoms in total. The minimum absolute atomic E-state index is 0.234. The summed E-state index contributed by atoms with van der Waals surface area (Å²) in [6.07, 6.45) is 0. The molecule has 0 amide bonds. The summed E-state index contributed by atoms with van der Waals surface area (Å²) >= 11 is 5.43. The summed E-state index contributed by atoms with van der Waals surface area (Å²) in [5.74, 6) is -0.234. The molecule has 0 aliphatic heterocycles. The first-order valence-electron chi connectivity index (χ1n) is 3.27. The summed E-state index contributed by atoms with van der Waals surface area (Å²) in [7, 11) is 0. The normalized spacial score (nSPS) is 11.7. The number of rotatable bonds is 1. The van der Waals surface area contributed by atoms with Gasteiger partial charge in [0.15, 0.2) is 0 Å². The van der Waals surface area contributed by atoms with Crippen LogP contribution >= 0.6 is 11.6 Å². The van der Waals surface area contributed by atoms with Gasteiger partial charge in [-0.2, -0.15) is 0 Å². The van der Waals surface area contributed by atoms with Gasteiger partial charge in [0.25, 0.3) is 0 Å². The van der Waals surface area contributed by atoms with Crippen LogP contribution in [-0.4, -0.2) is 0 Å². The predicted octanol–water partition coefficient (Wildman–Crippen LogP) is 3.43. The van der Waals surface area contributed by atoms with Gasteiger partial charge in [-0.3, -0.25) is 0 Å². The molecule has 58 valence electrons. The average Bonchev–Trinajstić information content (AvgIpc) is 2.04. The fourth-order valence-electron chi connectivity index (χ4n) is 0.840. The zero-order valence-electron chi connectivity index (χ0n) is 6.14. The fourth-order valence-corrected chi connectivity index (χ4v) is 0.957. The van der Waals surface area contributed by atoms with Crippen molar-refractivity contribution in [3.05, 3.63) is 41.2 Å². The van der Waals surface area contributed by atoms with E-state index >= 15 is 0 Å². The van der Waals surface area contributed by atoms with Crippen LogP contribution in [0.3, 0.4) is 0 Å². The lowest BCUT2D eigenvalue weighted by molar-refractivity contribution is 0.624. The smallest absolute Gasteiger partial charge is 0.130 e. The Balaban J connectivity index is 3.14. The highest BCUT2D eigenvalue weighted by molar-refractivity contribution is 6.28. The van der Waals surface area contributed by atoms with E-state index in [9.17, 15) is 4.39 Å². The van der Waals surface area contributed by atoms with Gasteiger partial charge in [0, 0.05) is 11.1 Å². The number of hydrogen-bond acceptors (Lipinski definition) is 0. The lowest BCUT2D eigenvalue weighted by Crippen LogP contribution is -1.83. The topological polar surface area (TPSA) is 0 Å². The zero-order valence-corrected chi connectivity index (χ0v) is 6.90. The Morgan fingerprint density at radius 3 is 2.64 bits per heavy atom. The molecule has 0 bridgehead atoms. The average molecular weight is 171 g/mol. The third-order valence-electron chi connectivity index (χ3n) is 1.46. The number of halogens is 2. The van der Waals surface area contributed by atoms with Crippen LogP contribution < -0.4 is 0 Å². The molecule has 0 atom stereocenters. The van der Waals surface area contributed by atoms with E-state index in [-0.39, 0.29) is 5.82 Å². The zero-order chi connectivity index (χ0) is 8.27. The largest absolute Gasteiger partial charge is 0.206 e. The van der Waals surface area contributed by atoms with Crippen molar-refractivity contribution in [2.75, 3.05) is 0 Å². The molecular formula is C9H8ClF. The van der Waals surface area contributed by atoms with E-state index in [1.54, 1.807) is 25.1 Å². The molecule has 0 spiro atoms. The Kier molecular flexibility index (Phi) is 2.66. The van der Waals surface area contributed by atoms with E-state index in [0.29, 0.717) is 5.56 Å². The van der Waals surface area contributed by atoms with E-state index in [1.165, 1.54) is 11.6 Å². The third kappa shape index (κ3) is 1.81. The molecule has 0 aromatic heterocycles. The Morgan fingerprint density at radius 1 is 1.45 bits per heavy atom. The maximum atomic E-state index is 12.9. The Hall–Kier alpha value is -0.820. The highest BCUT2D eigenvalue weighted by Crippen LogP contribution is 2.17. The van der Waals surface area contributed by atoms with Gasteiger partial charge < -0.3 is 0 Å². The number of benzene rings is 1. The highest BCUT2D eigenvalue weighted by Gasteiger charge is 2.00. The first-order valence-corrected chi connectivity index (χ1v) is 3.71. The van der Waals surface area contributed by atoms with Crippen LogP contribution in [0.2, 0.25) is 0 Å². The molecule has 0 aliphatic carbocycles. The molecule has 0 saturated carbocycles. The molecule has 1 aromatic rings. The molecule has 0 aliphatic rings. The summed E-state index contributed by atoms with van der Waals surface area (Å²) in [5, 5.41) is 0. The van der Waals surface area contributed by atoms with Crippen molar-refractivity contribution in [1.82, 2.24) is 0 Å². The van der Waals surface area contributed by atoms with Crippen LogP contribution in [-0.2, 0) is 0 Å². The minimum atomic E-state index is -0.234. The SMILES string of the molecule is C/C(=C\Cl)c1ccccc1F. The van der Waals surface area contributed by atoms with Crippen molar-refractivity contribution in [3.63, 3.8) is 0 Å². The maximum absolute atomic E-state index is 12.9. The lowest BCUT2D eigenvalue weighted by atomic mass is 10.1. The second-order valence-corrected chi connectivity index (χ2v) is 2.49. The first kappa shape index (κ1) is 8.28. The van der Waals surface area contributed by atoms with Gasteiger partial charge in [-0.05, 0) is 18.6 Å². The first-order chi connectivity index (χ1) is 5.25. The van der Waals surface area contributed by atoms with E-state index in [1.807, 2.05) is 0 Å². The molecule has 0 heterocycles. The van der Waals surface area contributed by atoms with Gasteiger partial charge in [0.1, 0.15) is 5.82 Å². The fraction of sp³-hybridized carbons (Fsp3) is 0.111. The van der Waals surface area contributed by atoms with E-state index < -0.39 is 0 Å². The highest BCUT2D eigenvalue weighted by atomic mass is 35.5. The van der Waals surface area contributed by atoms with Gasteiger partial charge in [-0.15, -0.1) is 0 Å². The molecule has 0 radical (unpaired) electrons. The van der Waals surface area contributed by atoms with Crippen molar-refractivity contribution in [1.29, 1.82) is 0 Å². The molecule has 0 saturated heterocycles. The monoisotopic (exact) mass is 170 g/mol. The molecule has 1 aromatic carbocycles. The van der Waals surface area contributed by atoms with E-state index in [4.69, 9.17) is 11.6 Å². The minimum Gasteiger partial charge on any atom is -0.206 e. The van der Waals surface area contributed by atoms with Crippen LogP contribution in [0.25, 0.3) is 5.57 Å². The third-order valence-corrected chi connectivity index (χ3v) is 1.79. The quantitative estimate of drug-likeness (QED) is 0.606. The van der Waals surface area contributed by atoms with Crippen LogP contribution in [0.5, 0.6) is 0 Å². The summed E-state index contributed by atoms with van der Waals surface area (Å²) < 4.78 is 12.9. The van der Waals surface area contributed by atoms with Gasteiger partial charge in [0.2, 0.25) is 0 Å². The predicted molar refractivity (Wildman–Crippen MR) is 45.9 cm³/mol. The van der Waals surface area contributed by atoms with Crippen molar-refractivity contribution >= 4 is 17.2 Å². The van der Waals surface area contributed by atoms with Crippen LogP contribution in [0.15, 0.2) is 29.8 Å². The van der Waals surface area contributed by atoms with Crippen LogP contribution in [0.1, 0.15) is 12.5 Å². The Bertz CT molecular complexity index is 279. The van der Waals surface area contributed by atoms with E-state index in [2.05, 4.69) is 0 Å².